The minimum Gasteiger partial charge on any atom is -0.481 e. The summed E-state index contributed by atoms with van der Waals surface area (Å²) in [5, 5.41) is 27.2. The minimum atomic E-state index is -1.37. The first kappa shape index (κ1) is 32.1. The predicted octanol–water partition coefficient (Wildman–Crippen LogP) is 0.160. The van der Waals surface area contributed by atoms with Crippen molar-refractivity contribution in [2.75, 3.05) is 12.0 Å². The van der Waals surface area contributed by atoms with E-state index in [1.54, 1.807) is 6.20 Å². The van der Waals surface area contributed by atoms with Gasteiger partial charge in [-0.3, -0.25) is 19.2 Å². The number of carbonyl (C=O) groups is 5. The van der Waals surface area contributed by atoms with E-state index in [0.29, 0.717) is 11.4 Å². The van der Waals surface area contributed by atoms with Gasteiger partial charge >= 0.3 is 11.9 Å². The number of aromatic amines is 2. The summed E-state index contributed by atoms with van der Waals surface area (Å²) in [7, 11) is 0. The lowest BCUT2D eigenvalue weighted by molar-refractivity contribution is -0.143. The van der Waals surface area contributed by atoms with Gasteiger partial charge in [0.05, 0.1) is 12.4 Å². The number of carboxylic acid groups (broad SMARTS) is 2. The molecule has 4 atom stereocenters. The van der Waals surface area contributed by atoms with Crippen molar-refractivity contribution >= 4 is 52.3 Å². The zero-order valence-corrected chi connectivity index (χ0v) is 23.8. The van der Waals surface area contributed by atoms with Crippen molar-refractivity contribution in [3.8, 4) is 0 Å². The second-order valence-corrected chi connectivity index (χ2v) is 10.7. The summed E-state index contributed by atoms with van der Waals surface area (Å²) in [5.74, 6) is -4.20. The van der Waals surface area contributed by atoms with Crippen LogP contribution in [0.25, 0.3) is 10.9 Å². The maximum Gasteiger partial charge on any atom is 0.326 e. The Labute approximate surface area is 245 Å². The Kier molecular flexibility index (Phi) is 11.9. The first-order valence-corrected chi connectivity index (χ1v) is 14.6. The molecule has 0 saturated heterocycles. The number of hydrogen-bond acceptors (Lipinski definition) is 8. The number of aliphatic carboxylic acids is 2. The highest BCUT2D eigenvalue weighted by molar-refractivity contribution is 7.98. The molecule has 0 aliphatic heterocycles. The number of nitrogens with two attached hydrogens (primary N) is 1. The number of aromatic nitrogens is 3. The van der Waals surface area contributed by atoms with Crippen molar-refractivity contribution in [3.63, 3.8) is 0 Å². The molecule has 0 spiro atoms. The highest BCUT2D eigenvalue weighted by Crippen LogP contribution is 2.19. The van der Waals surface area contributed by atoms with Crippen LogP contribution in [0.3, 0.4) is 0 Å². The standard InChI is InChI=1S/C27H35N7O7S/c1-42-9-8-21(32-24(37)18(28)10-15-12-30-19-5-3-2-4-17(15)19)26(39)33-20(6-7-23(35)36)25(38)34-22(27(40)41)11-16-13-29-14-31-16/h2-5,12-14,18,20-22,30H,6-11,28H2,1H3,(H,29,31)(H,32,37)(H,33,39)(H,34,38)(H,35,36)(H,40,41). The largest absolute Gasteiger partial charge is 0.481 e. The van der Waals surface area contributed by atoms with Crippen LogP contribution < -0.4 is 21.7 Å². The van der Waals surface area contributed by atoms with Gasteiger partial charge < -0.3 is 41.9 Å². The third-order valence-electron chi connectivity index (χ3n) is 6.57. The Bertz CT molecular complexity index is 1380. The van der Waals surface area contributed by atoms with Gasteiger partial charge in [-0.1, -0.05) is 18.2 Å². The number of para-hydroxylation sites is 1. The Balaban J connectivity index is 1.69. The maximum absolute atomic E-state index is 13.3. The fourth-order valence-corrected chi connectivity index (χ4v) is 4.78. The zero-order chi connectivity index (χ0) is 30.6. The minimum absolute atomic E-state index is 0.110. The second kappa shape index (κ2) is 15.6. The molecule has 3 amide bonds. The number of benzene rings is 1. The van der Waals surface area contributed by atoms with E-state index in [2.05, 4.69) is 30.9 Å². The fraction of sp³-hybridized carbons (Fsp3) is 0.407. The van der Waals surface area contributed by atoms with Crippen molar-refractivity contribution < 1.29 is 34.2 Å². The third-order valence-corrected chi connectivity index (χ3v) is 7.21. The lowest BCUT2D eigenvalue weighted by atomic mass is 10.0. The number of amides is 3. The average molecular weight is 602 g/mol. The van der Waals surface area contributed by atoms with Crippen molar-refractivity contribution in [2.45, 2.75) is 56.3 Å². The van der Waals surface area contributed by atoms with Crippen LogP contribution in [0.4, 0.5) is 0 Å². The summed E-state index contributed by atoms with van der Waals surface area (Å²) in [6.45, 7) is 0. The van der Waals surface area contributed by atoms with Crippen LogP contribution in [0.15, 0.2) is 43.0 Å². The number of hydrogen-bond donors (Lipinski definition) is 8. The monoisotopic (exact) mass is 601 g/mol. The van der Waals surface area contributed by atoms with Crippen LogP contribution in [-0.4, -0.2) is 91.0 Å². The number of imidazole rings is 1. The Morgan fingerprint density at radius 2 is 1.60 bits per heavy atom. The molecule has 0 saturated carbocycles. The molecule has 0 aliphatic carbocycles. The van der Waals surface area contributed by atoms with Gasteiger partial charge in [0.15, 0.2) is 0 Å². The van der Waals surface area contributed by atoms with Gasteiger partial charge in [-0.15, -0.1) is 0 Å². The molecule has 226 valence electrons. The summed E-state index contributed by atoms with van der Waals surface area (Å²) < 4.78 is 0. The SMILES string of the molecule is CSCCC(NC(=O)C(N)Cc1c[nH]c2ccccc12)C(=O)NC(CCC(=O)O)C(=O)NC(Cc1cnc[nH]1)C(=O)O. The first-order valence-electron chi connectivity index (χ1n) is 13.2. The molecule has 14 nitrogen and oxygen atoms in total. The van der Waals surface area contributed by atoms with Crippen molar-refractivity contribution in [2.24, 2.45) is 5.73 Å². The number of carbonyl (C=O) groups excluding carboxylic acids is 3. The number of thioether (sulfide) groups is 1. The molecular weight excluding hydrogens is 566 g/mol. The van der Waals surface area contributed by atoms with E-state index in [9.17, 15) is 34.2 Å². The van der Waals surface area contributed by atoms with E-state index in [1.165, 1.54) is 24.3 Å². The molecule has 9 N–H and O–H groups in total. The van der Waals surface area contributed by atoms with E-state index < -0.39 is 60.2 Å². The van der Waals surface area contributed by atoms with Gasteiger partial charge in [-0.25, -0.2) is 9.78 Å². The number of rotatable bonds is 17. The Hall–Kier alpha value is -4.37. The van der Waals surface area contributed by atoms with E-state index in [0.717, 1.165) is 16.5 Å². The van der Waals surface area contributed by atoms with Gasteiger partial charge in [-0.05, 0) is 42.9 Å². The summed E-state index contributed by atoms with van der Waals surface area (Å²) in [5.41, 5.74) is 8.39. The fourth-order valence-electron chi connectivity index (χ4n) is 4.31. The zero-order valence-electron chi connectivity index (χ0n) is 23.0. The first-order chi connectivity index (χ1) is 20.1. The van der Waals surface area contributed by atoms with Crippen molar-refractivity contribution in [1.82, 2.24) is 30.9 Å². The Morgan fingerprint density at radius 1 is 0.929 bits per heavy atom. The molecule has 2 aromatic heterocycles. The Morgan fingerprint density at radius 3 is 2.24 bits per heavy atom. The molecule has 0 radical (unpaired) electrons. The summed E-state index contributed by atoms with van der Waals surface area (Å²) in [4.78, 5) is 72.1. The number of nitrogens with zero attached hydrogens (tertiary/aromatic N) is 1. The number of nitrogens with one attached hydrogen (secondary N) is 5. The highest BCUT2D eigenvalue weighted by Gasteiger charge is 2.31. The van der Waals surface area contributed by atoms with E-state index in [-0.39, 0.29) is 25.7 Å². The second-order valence-electron chi connectivity index (χ2n) is 9.69. The number of fused-ring (bicyclic) bond motifs is 1. The van der Waals surface area contributed by atoms with Gasteiger partial charge in [-0.2, -0.15) is 11.8 Å². The van der Waals surface area contributed by atoms with Crippen LogP contribution in [-0.2, 0) is 36.8 Å². The van der Waals surface area contributed by atoms with E-state index in [1.807, 2.05) is 30.5 Å². The summed E-state index contributed by atoms with van der Waals surface area (Å²) in [6, 6.07) is 2.80. The quantitative estimate of drug-likeness (QED) is 0.104. The normalized spacial score (nSPS) is 14.0. The maximum atomic E-state index is 13.3. The summed E-state index contributed by atoms with van der Waals surface area (Å²) in [6.07, 6.45) is 5.93. The van der Waals surface area contributed by atoms with E-state index in [4.69, 9.17) is 5.73 Å². The van der Waals surface area contributed by atoms with Crippen LogP contribution >= 0.6 is 11.8 Å². The van der Waals surface area contributed by atoms with Gasteiger partial charge in [0.2, 0.25) is 17.7 Å². The molecule has 0 bridgehead atoms. The van der Waals surface area contributed by atoms with E-state index >= 15 is 0 Å². The van der Waals surface area contributed by atoms with Crippen molar-refractivity contribution in [3.05, 3.63) is 54.2 Å². The lowest BCUT2D eigenvalue weighted by Gasteiger charge is -2.25. The van der Waals surface area contributed by atoms with Gasteiger partial charge in [0.1, 0.15) is 18.1 Å². The summed E-state index contributed by atoms with van der Waals surface area (Å²) >= 11 is 1.44. The molecule has 0 fully saturated rings. The topological polar surface area (TPSA) is 232 Å². The van der Waals surface area contributed by atoms with Crippen LogP contribution in [0, 0.1) is 0 Å². The van der Waals surface area contributed by atoms with Gasteiger partial charge in [0.25, 0.3) is 0 Å². The van der Waals surface area contributed by atoms with Crippen LogP contribution in [0.2, 0.25) is 0 Å². The molecule has 42 heavy (non-hydrogen) atoms. The van der Waals surface area contributed by atoms with Gasteiger partial charge in [0, 0.05) is 41.8 Å². The molecule has 3 aromatic rings. The third kappa shape index (κ3) is 9.34. The molecular formula is C27H35N7O7S. The molecule has 1 aromatic carbocycles. The molecule has 3 rings (SSSR count). The van der Waals surface area contributed by atoms with Crippen LogP contribution in [0.5, 0.6) is 0 Å². The molecule has 0 aliphatic rings. The lowest BCUT2D eigenvalue weighted by Crippen LogP contribution is -2.57. The number of carboxylic acids is 2. The predicted molar refractivity (Wildman–Crippen MR) is 156 cm³/mol. The average Bonchev–Trinajstić information content (AvgIpc) is 3.62. The highest BCUT2D eigenvalue weighted by atomic mass is 32.2. The molecule has 15 heteroatoms. The van der Waals surface area contributed by atoms with Crippen molar-refractivity contribution in [1.29, 1.82) is 0 Å². The number of H-pyrrole nitrogens is 2. The van der Waals surface area contributed by atoms with Crippen LogP contribution in [0.1, 0.15) is 30.5 Å². The molecule has 4 unspecified atom stereocenters. The molecule has 2 heterocycles. The smallest absolute Gasteiger partial charge is 0.326 e.